The Bertz CT molecular complexity index is 448. The maximum Gasteiger partial charge on any atom is 0.225 e. The molecule has 1 N–H and O–H groups in total. The second-order valence-electron chi connectivity index (χ2n) is 3.44. The number of nitriles is 1. The summed E-state index contributed by atoms with van der Waals surface area (Å²) in [4.78, 5) is 11.5. The molecule has 1 amide bonds. The van der Waals surface area contributed by atoms with E-state index in [0.717, 1.165) is 5.56 Å². The standard InChI is InChI=1S/C13H12N2O/c1-3-10(2)15-13(16)8-11-4-6-12(9-14)7-5-11/h1,4-7,10H,8H2,2H3,(H,15,16). The number of hydrogen-bond donors (Lipinski definition) is 1. The Morgan fingerprint density at radius 2 is 2.12 bits per heavy atom. The lowest BCUT2D eigenvalue weighted by molar-refractivity contribution is -0.120. The molecule has 1 unspecified atom stereocenters. The second-order valence-corrected chi connectivity index (χ2v) is 3.44. The molecule has 3 heteroatoms. The number of carbonyl (C=O) groups excluding carboxylic acids is 1. The fraction of sp³-hybridized carbons (Fsp3) is 0.231. The van der Waals surface area contributed by atoms with Gasteiger partial charge in [-0.05, 0) is 24.6 Å². The van der Waals surface area contributed by atoms with E-state index in [9.17, 15) is 4.79 Å². The van der Waals surface area contributed by atoms with Crippen LogP contribution >= 0.6 is 0 Å². The van der Waals surface area contributed by atoms with Crippen LogP contribution in [0.5, 0.6) is 0 Å². The molecule has 3 nitrogen and oxygen atoms in total. The van der Waals surface area contributed by atoms with Crippen LogP contribution in [0.15, 0.2) is 24.3 Å². The van der Waals surface area contributed by atoms with Crippen LogP contribution in [-0.2, 0) is 11.2 Å². The van der Waals surface area contributed by atoms with Gasteiger partial charge in [-0.25, -0.2) is 0 Å². The number of benzene rings is 1. The summed E-state index contributed by atoms with van der Waals surface area (Å²) in [6.45, 7) is 1.75. The highest BCUT2D eigenvalue weighted by Crippen LogP contribution is 2.04. The Morgan fingerprint density at radius 1 is 1.50 bits per heavy atom. The molecule has 0 aliphatic rings. The van der Waals surface area contributed by atoms with Crippen LogP contribution in [0, 0.1) is 23.7 Å². The first-order chi connectivity index (χ1) is 7.65. The molecule has 0 bridgehead atoms. The van der Waals surface area contributed by atoms with E-state index in [0.29, 0.717) is 5.56 Å². The second kappa shape index (κ2) is 5.58. The molecule has 0 spiro atoms. The number of terminal acetylenes is 1. The Morgan fingerprint density at radius 3 is 2.62 bits per heavy atom. The van der Waals surface area contributed by atoms with Crippen molar-refractivity contribution < 1.29 is 4.79 Å². The van der Waals surface area contributed by atoms with E-state index < -0.39 is 0 Å². The van der Waals surface area contributed by atoms with Crippen LogP contribution < -0.4 is 5.32 Å². The molecule has 1 atom stereocenters. The summed E-state index contributed by atoms with van der Waals surface area (Å²) in [7, 11) is 0. The number of hydrogen-bond acceptors (Lipinski definition) is 2. The molecule has 80 valence electrons. The summed E-state index contributed by atoms with van der Waals surface area (Å²) in [5.41, 5.74) is 1.45. The maximum absolute atomic E-state index is 11.5. The molecule has 0 radical (unpaired) electrons. The van der Waals surface area contributed by atoms with Crippen LogP contribution in [0.2, 0.25) is 0 Å². The predicted octanol–water partition coefficient (Wildman–Crippen LogP) is 1.24. The molecule has 0 saturated heterocycles. The highest BCUT2D eigenvalue weighted by molar-refractivity contribution is 5.79. The number of nitrogens with one attached hydrogen (secondary N) is 1. The summed E-state index contributed by atoms with van der Waals surface area (Å²) in [5, 5.41) is 11.3. The average Bonchev–Trinajstić information content (AvgIpc) is 2.29. The summed E-state index contributed by atoms with van der Waals surface area (Å²) < 4.78 is 0. The Balaban J connectivity index is 2.58. The van der Waals surface area contributed by atoms with Crippen molar-refractivity contribution in [2.75, 3.05) is 0 Å². The number of carbonyl (C=O) groups is 1. The van der Waals surface area contributed by atoms with Crippen LogP contribution in [-0.4, -0.2) is 11.9 Å². The van der Waals surface area contributed by atoms with Crippen molar-refractivity contribution in [1.82, 2.24) is 5.32 Å². The van der Waals surface area contributed by atoms with E-state index in [1.54, 1.807) is 31.2 Å². The van der Waals surface area contributed by atoms with Crippen LogP contribution in [0.3, 0.4) is 0 Å². The number of amides is 1. The minimum Gasteiger partial charge on any atom is -0.342 e. The molecule has 0 aliphatic heterocycles. The van der Waals surface area contributed by atoms with Crippen molar-refractivity contribution in [3.63, 3.8) is 0 Å². The van der Waals surface area contributed by atoms with E-state index in [-0.39, 0.29) is 18.4 Å². The zero-order chi connectivity index (χ0) is 12.0. The molecule has 0 saturated carbocycles. The van der Waals surface area contributed by atoms with E-state index in [1.165, 1.54) is 0 Å². The quantitative estimate of drug-likeness (QED) is 0.766. The van der Waals surface area contributed by atoms with E-state index in [1.807, 2.05) is 6.07 Å². The molecule has 0 aliphatic carbocycles. The maximum atomic E-state index is 11.5. The van der Waals surface area contributed by atoms with Gasteiger partial charge in [-0.15, -0.1) is 6.42 Å². The van der Waals surface area contributed by atoms with Gasteiger partial charge in [0.15, 0.2) is 0 Å². The monoisotopic (exact) mass is 212 g/mol. The van der Waals surface area contributed by atoms with Gasteiger partial charge < -0.3 is 5.32 Å². The molecular weight excluding hydrogens is 200 g/mol. The summed E-state index contributed by atoms with van der Waals surface area (Å²) >= 11 is 0. The molecular formula is C13H12N2O. The van der Waals surface area contributed by atoms with Crippen molar-refractivity contribution in [2.24, 2.45) is 0 Å². The minimum absolute atomic E-state index is 0.116. The summed E-state index contributed by atoms with van der Waals surface area (Å²) in [5.74, 6) is 2.31. The normalized spacial score (nSPS) is 10.9. The first-order valence-electron chi connectivity index (χ1n) is 4.90. The topological polar surface area (TPSA) is 52.9 Å². The average molecular weight is 212 g/mol. The third-order valence-corrected chi connectivity index (χ3v) is 2.08. The number of rotatable bonds is 3. The number of nitrogens with zero attached hydrogens (tertiary/aromatic N) is 1. The molecule has 0 aromatic heterocycles. The smallest absolute Gasteiger partial charge is 0.225 e. The lowest BCUT2D eigenvalue weighted by Gasteiger charge is -2.07. The highest BCUT2D eigenvalue weighted by atomic mass is 16.1. The first kappa shape index (κ1) is 11.8. The van der Waals surface area contributed by atoms with Gasteiger partial charge in [0.05, 0.1) is 24.1 Å². The van der Waals surface area contributed by atoms with E-state index in [2.05, 4.69) is 11.2 Å². The van der Waals surface area contributed by atoms with Gasteiger partial charge in [-0.3, -0.25) is 4.79 Å². The van der Waals surface area contributed by atoms with Crippen LogP contribution in [0.25, 0.3) is 0 Å². The largest absolute Gasteiger partial charge is 0.342 e. The zero-order valence-electron chi connectivity index (χ0n) is 9.03. The van der Waals surface area contributed by atoms with Gasteiger partial charge in [-0.1, -0.05) is 18.1 Å². The van der Waals surface area contributed by atoms with E-state index >= 15 is 0 Å². The van der Waals surface area contributed by atoms with Gasteiger partial charge in [0.2, 0.25) is 5.91 Å². The molecule has 1 aromatic rings. The Hall–Kier alpha value is -2.26. The van der Waals surface area contributed by atoms with Gasteiger partial charge >= 0.3 is 0 Å². The highest BCUT2D eigenvalue weighted by Gasteiger charge is 2.05. The van der Waals surface area contributed by atoms with Crippen molar-refractivity contribution >= 4 is 5.91 Å². The SMILES string of the molecule is C#CC(C)NC(=O)Cc1ccc(C#N)cc1. The fourth-order valence-corrected chi connectivity index (χ4v) is 1.22. The Labute approximate surface area is 95.1 Å². The lowest BCUT2D eigenvalue weighted by atomic mass is 10.1. The van der Waals surface area contributed by atoms with Gasteiger partial charge in [-0.2, -0.15) is 5.26 Å². The van der Waals surface area contributed by atoms with Crippen molar-refractivity contribution in [3.05, 3.63) is 35.4 Å². The minimum atomic E-state index is -0.258. The third kappa shape index (κ3) is 3.48. The first-order valence-corrected chi connectivity index (χ1v) is 4.90. The van der Waals surface area contributed by atoms with Gasteiger partial charge in [0.1, 0.15) is 0 Å². The summed E-state index contributed by atoms with van der Waals surface area (Å²) in [6.07, 6.45) is 5.43. The van der Waals surface area contributed by atoms with Crippen molar-refractivity contribution in [2.45, 2.75) is 19.4 Å². The summed E-state index contributed by atoms with van der Waals surface area (Å²) in [6, 6.07) is 8.66. The molecule has 0 fully saturated rings. The van der Waals surface area contributed by atoms with Crippen molar-refractivity contribution in [3.8, 4) is 18.4 Å². The van der Waals surface area contributed by atoms with Crippen LogP contribution in [0.4, 0.5) is 0 Å². The molecule has 1 rings (SSSR count). The van der Waals surface area contributed by atoms with Gasteiger partial charge in [0.25, 0.3) is 0 Å². The van der Waals surface area contributed by atoms with Crippen molar-refractivity contribution in [1.29, 1.82) is 5.26 Å². The molecule has 16 heavy (non-hydrogen) atoms. The lowest BCUT2D eigenvalue weighted by Crippen LogP contribution is -2.32. The molecule has 0 heterocycles. The zero-order valence-corrected chi connectivity index (χ0v) is 9.03. The third-order valence-electron chi connectivity index (χ3n) is 2.08. The van der Waals surface area contributed by atoms with Crippen LogP contribution in [0.1, 0.15) is 18.1 Å². The van der Waals surface area contributed by atoms with Gasteiger partial charge in [0, 0.05) is 0 Å². The predicted molar refractivity (Wildman–Crippen MR) is 61.3 cm³/mol. The fourth-order valence-electron chi connectivity index (χ4n) is 1.22. The van der Waals surface area contributed by atoms with E-state index in [4.69, 9.17) is 11.7 Å². The molecule has 1 aromatic carbocycles. The Kier molecular flexibility index (Phi) is 4.12.